The van der Waals surface area contributed by atoms with E-state index in [1.54, 1.807) is 0 Å². The van der Waals surface area contributed by atoms with E-state index in [0.29, 0.717) is 19.6 Å². The smallest absolute Gasteiger partial charge is 0.242 e. The first-order chi connectivity index (χ1) is 11.2. The lowest BCUT2D eigenvalue weighted by molar-refractivity contribution is -0.143. The van der Waals surface area contributed by atoms with Crippen molar-refractivity contribution in [3.05, 3.63) is 36.5 Å². The van der Waals surface area contributed by atoms with Gasteiger partial charge in [0.25, 0.3) is 0 Å². The van der Waals surface area contributed by atoms with Crippen LogP contribution in [0.5, 0.6) is 0 Å². The minimum absolute atomic E-state index is 0.166. The van der Waals surface area contributed by atoms with Gasteiger partial charge in [-0.05, 0) is 36.8 Å². The molecule has 4 rings (SSSR count). The van der Waals surface area contributed by atoms with E-state index in [2.05, 4.69) is 18.2 Å². The van der Waals surface area contributed by atoms with Gasteiger partial charge < -0.3 is 14.6 Å². The van der Waals surface area contributed by atoms with Crippen molar-refractivity contribution >= 4 is 16.8 Å². The number of para-hydroxylation sites is 1. The Bertz CT molecular complexity index is 723. The minimum Gasteiger partial charge on any atom is -0.389 e. The van der Waals surface area contributed by atoms with Crippen molar-refractivity contribution in [3.63, 3.8) is 0 Å². The molecule has 1 saturated carbocycles. The van der Waals surface area contributed by atoms with E-state index in [1.807, 2.05) is 27.8 Å². The van der Waals surface area contributed by atoms with Crippen molar-refractivity contribution in [2.45, 2.75) is 44.2 Å². The Morgan fingerprint density at radius 1 is 1.22 bits per heavy atom. The number of carbonyl (C=O) groups is 1. The van der Waals surface area contributed by atoms with Crippen molar-refractivity contribution < 1.29 is 9.90 Å². The second-order valence-electron chi connectivity index (χ2n) is 7.14. The first-order valence-corrected chi connectivity index (χ1v) is 8.70. The van der Waals surface area contributed by atoms with Gasteiger partial charge in [0.05, 0.1) is 5.60 Å². The quantitative estimate of drug-likeness (QED) is 0.927. The van der Waals surface area contributed by atoms with Crippen LogP contribution < -0.4 is 0 Å². The largest absolute Gasteiger partial charge is 0.389 e. The number of nitrogens with zero attached hydrogens (tertiary/aromatic N) is 2. The predicted octanol–water partition coefficient (Wildman–Crippen LogP) is 2.79. The van der Waals surface area contributed by atoms with Crippen LogP contribution in [-0.4, -0.2) is 39.2 Å². The van der Waals surface area contributed by atoms with Crippen molar-refractivity contribution in [2.75, 3.05) is 13.1 Å². The highest BCUT2D eigenvalue weighted by molar-refractivity contribution is 5.83. The van der Waals surface area contributed by atoms with Crippen LogP contribution in [-0.2, 0) is 11.3 Å². The van der Waals surface area contributed by atoms with Gasteiger partial charge in [0.2, 0.25) is 5.91 Å². The number of piperidine rings is 1. The highest BCUT2D eigenvalue weighted by Gasteiger charge is 2.43. The molecule has 2 heterocycles. The number of amides is 1. The highest BCUT2D eigenvalue weighted by Crippen LogP contribution is 2.39. The van der Waals surface area contributed by atoms with Crippen LogP contribution in [0.3, 0.4) is 0 Å². The third-order valence-corrected chi connectivity index (χ3v) is 5.77. The monoisotopic (exact) mass is 312 g/mol. The molecule has 0 spiro atoms. The van der Waals surface area contributed by atoms with Gasteiger partial charge in [-0.1, -0.05) is 31.0 Å². The molecule has 1 saturated heterocycles. The van der Waals surface area contributed by atoms with Gasteiger partial charge in [0.1, 0.15) is 6.54 Å². The Morgan fingerprint density at radius 2 is 2.09 bits per heavy atom. The van der Waals surface area contributed by atoms with Crippen LogP contribution in [0.1, 0.15) is 32.1 Å². The standard InChI is InChI=1S/C19H24N2O2/c22-18(14-20-11-8-15-5-1-2-7-17(15)20)21-12-10-19(23)9-4-3-6-16(19)13-21/h1-2,5,7-8,11,16,23H,3-4,6,9-10,12-14H2/t16-,19+/m1/s1. The summed E-state index contributed by atoms with van der Waals surface area (Å²) < 4.78 is 2.03. The van der Waals surface area contributed by atoms with Gasteiger partial charge in [0.15, 0.2) is 0 Å². The van der Waals surface area contributed by atoms with Crippen molar-refractivity contribution in [1.82, 2.24) is 9.47 Å². The van der Waals surface area contributed by atoms with Crippen LogP contribution >= 0.6 is 0 Å². The zero-order valence-electron chi connectivity index (χ0n) is 13.4. The molecule has 1 aliphatic carbocycles. The van der Waals surface area contributed by atoms with Gasteiger partial charge in [-0.15, -0.1) is 0 Å². The summed E-state index contributed by atoms with van der Waals surface area (Å²) in [7, 11) is 0. The second kappa shape index (κ2) is 5.68. The molecule has 0 bridgehead atoms. The van der Waals surface area contributed by atoms with Crippen LogP contribution in [0.4, 0.5) is 0 Å². The normalized spacial score (nSPS) is 27.9. The molecule has 2 fully saturated rings. The number of aliphatic hydroxyl groups is 1. The van der Waals surface area contributed by atoms with E-state index in [-0.39, 0.29) is 11.8 Å². The number of likely N-dealkylation sites (tertiary alicyclic amines) is 1. The molecule has 4 nitrogen and oxygen atoms in total. The Morgan fingerprint density at radius 3 is 3.00 bits per heavy atom. The number of hydrogen-bond acceptors (Lipinski definition) is 2. The van der Waals surface area contributed by atoms with Gasteiger partial charge in [0, 0.05) is 30.7 Å². The molecule has 122 valence electrons. The summed E-state index contributed by atoms with van der Waals surface area (Å²) in [5, 5.41) is 11.9. The predicted molar refractivity (Wildman–Crippen MR) is 90.0 cm³/mol. The number of rotatable bonds is 2. The molecular formula is C19H24N2O2. The fourth-order valence-corrected chi connectivity index (χ4v) is 4.32. The minimum atomic E-state index is -0.519. The fraction of sp³-hybridized carbons (Fsp3) is 0.526. The molecule has 2 aromatic rings. The summed E-state index contributed by atoms with van der Waals surface area (Å²) in [5.41, 5.74) is 0.585. The molecule has 2 aliphatic rings. The van der Waals surface area contributed by atoms with Crippen LogP contribution in [0.25, 0.3) is 10.9 Å². The molecule has 1 N–H and O–H groups in total. The van der Waals surface area contributed by atoms with E-state index in [1.165, 1.54) is 11.8 Å². The van der Waals surface area contributed by atoms with E-state index >= 15 is 0 Å². The van der Waals surface area contributed by atoms with Gasteiger partial charge in [-0.3, -0.25) is 4.79 Å². The maximum atomic E-state index is 12.7. The van der Waals surface area contributed by atoms with Crippen molar-refractivity contribution in [2.24, 2.45) is 5.92 Å². The number of benzene rings is 1. The number of carbonyl (C=O) groups excluding carboxylic acids is 1. The summed E-state index contributed by atoms with van der Waals surface area (Å²) in [6.07, 6.45) is 6.97. The first kappa shape index (κ1) is 14.8. The fourth-order valence-electron chi connectivity index (χ4n) is 4.32. The maximum Gasteiger partial charge on any atom is 0.242 e. The third kappa shape index (κ3) is 2.65. The maximum absolute atomic E-state index is 12.7. The molecule has 23 heavy (non-hydrogen) atoms. The average molecular weight is 312 g/mol. The molecule has 4 heteroatoms. The Hall–Kier alpha value is -1.81. The molecular weight excluding hydrogens is 288 g/mol. The topological polar surface area (TPSA) is 45.5 Å². The molecule has 0 radical (unpaired) electrons. The number of hydrogen-bond donors (Lipinski definition) is 1. The number of aromatic nitrogens is 1. The molecule has 0 unspecified atom stereocenters. The summed E-state index contributed by atoms with van der Waals surface area (Å²) >= 11 is 0. The Kier molecular flexibility index (Phi) is 3.64. The molecule has 1 amide bonds. The zero-order chi connectivity index (χ0) is 15.9. The average Bonchev–Trinajstić information content (AvgIpc) is 2.97. The lowest BCUT2D eigenvalue weighted by atomic mass is 9.71. The highest BCUT2D eigenvalue weighted by atomic mass is 16.3. The molecule has 1 aromatic carbocycles. The summed E-state index contributed by atoms with van der Waals surface area (Å²) in [6, 6.07) is 10.2. The number of fused-ring (bicyclic) bond motifs is 2. The van der Waals surface area contributed by atoms with Crippen LogP contribution in [0, 0.1) is 5.92 Å². The van der Waals surface area contributed by atoms with E-state index < -0.39 is 5.60 Å². The SMILES string of the molecule is O=C(Cn1ccc2ccccc21)N1CC[C@@]2(O)CCCC[C@@H]2C1. The summed E-state index contributed by atoms with van der Waals surface area (Å²) in [4.78, 5) is 14.7. The van der Waals surface area contributed by atoms with Crippen molar-refractivity contribution in [3.8, 4) is 0 Å². The lowest BCUT2D eigenvalue weighted by Crippen LogP contribution is -2.55. The third-order valence-electron chi connectivity index (χ3n) is 5.77. The Labute approximate surface area is 136 Å². The van der Waals surface area contributed by atoms with E-state index in [4.69, 9.17) is 0 Å². The molecule has 2 atom stereocenters. The van der Waals surface area contributed by atoms with Crippen molar-refractivity contribution in [1.29, 1.82) is 0 Å². The second-order valence-corrected chi connectivity index (χ2v) is 7.14. The first-order valence-electron chi connectivity index (χ1n) is 8.70. The molecule has 1 aliphatic heterocycles. The molecule has 1 aromatic heterocycles. The summed E-state index contributed by atoms with van der Waals surface area (Å²) in [5.74, 6) is 0.425. The zero-order valence-corrected chi connectivity index (χ0v) is 13.4. The van der Waals surface area contributed by atoms with Crippen LogP contribution in [0.2, 0.25) is 0 Å². The summed E-state index contributed by atoms with van der Waals surface area (Å²) in [6.45, 7) is 1.79. The van der Waals surface area contributed by atoms with Gasteiger partial charge >= 0.3 is 0 Å². The van der Waals surface area contributed by atoms with Crippen LogP contribution in [0.15, 0.2) is 36.5 Å². The van der Waals surface area contributed by atoms with E-state index in [0.717, 1.165) is 31.2 Å². The van der Waals surface area contributed by atoms with Gasteiger partial charge in [-0.2, -0.15) is 0 Å². The van der Waals surface area contributed by atoms with E-state index in [9.17, 15) is 9.90 Å². The lowest BCUT2D eigenvalue weighted by Gasteiger charge is -2.47. The van der Waals surface area contributed by atoms with Gasteiger partial charge in [-0.25, -0.2) is 0 Å². The Balaban J connectivity index is 1.47.